The van der Waals surface area contributed by atoms with E-state index in [1.54, 1.807) is 0 Å². The Labute approximate surface area is 367 Å². The monoisotopic (exact) mass is 827 g/mol. The van der Waals surface area contributed by atoms with Crippen LogP contribution in [0.25, 0.3) is 81.6 Å². The fourth-order valence-corrected chi connectivity index (χ4v) is 12.2. The van der Waals surface area contributed by atoms with Crippen LogP contribution in [0.3, 0.4) is 0 Å². The molecule has 3 nitrogen and oxygen atoms in total. The molecule has 0 spiro atoms. The van der Waals surface area contributed by atoms with E-state index in [0.29, 0.717) is 0 Å². The second kappa shape index (κ2) is 14.2. The third-order valence-corrected chi connectivity index (χ3v) is 15.0. The van der Waals surface area contributed by atoms with E-state index in [9.17, 15) is 0 Å². The SMILES string of the molecule is c1ccc(C2=NC3c4c(ccc5cc(-c6ccc7c(c6)c6ccsc6c6ccn(-c8cc(-c9ccccc9)cc(-c9ccccc9)c8)c76)ccc45)N(c4ccccc4)C3S2)cc1. The number of hydrogen-bond acceptors (Lipinski definition) is 4. The van der Waals surface area contributed by atoms with Crippen LogP contribution in [0.5, 0.6) is 0 Å². The van der Waals surface area contributed by atoms with Crippen molar-refractivity contribution in [2.24, 2.45) is 4.99 Å². The van der Waals surface area contributed by atoms with Crippen LogP contribution >= 0.6 is 23.1 Å². The van der Waals surface area contributed by atoms with Crippen LogP contribution in [0.15, 0.2) is 217 Å². The lowest BCUT2D eigenvalue weighted by molar-refractivity contribution is 0.752. The molecule has 0 fully saturated rings. The van der Waals surface area contributed by atoms with E-state index in [0.717, 1.165) is 10.7 Å². The van der Waals surface area contributed by atoms with Gasteiger partial charge in [-0.3, -0.25) is 4.99 Å². The zero-order chi connectivity index (χ0) is 40.7. The molecule has 62 heavy (non-hydrogen) atoms. The minimum Gasteiger partial charge on any atom is -0.326 e. The van der Waals surface area contributed by atoms with Crippen molar-refractivity contribution in [1.82, 2.24) is 4.57 Å². The molecule has 9 aromatic carbocycles. The molecule has 13 rings (SSSR count). The Morgan fingerprint density at radius 1 is 0.435 bits per heavy atom. The molecule has 2 aromatic heterocycles. The number of nitrogens with zero attached hydrogens (tertiary/aromatic N) is 3. The highest BCUT2D eigenvalue weighted by atomic mass is 32.2. The average Bonchev–Trinajstić information content (AvgIpc) is 4.16. The van der Waals surface area contributed by atoms with Crippen molar-refractivity contribution in [3.05, 3.63) is 223 Å². The van der Waals surface area contributed by atoms with E-state index < -0.39 is 0 Å². The Bertz CT molecular complexity index is 3500. The molecule has 2 aliphatic rings. The summed E-state index contributed by atoms with van der Waals surface area (Å²) in [6.07, 6.45) is 2.26. The molecule has 5 heteroatoms. The van der Waals surface area contributed by atoms with Gasteiger partial charge >= 0.3 is 0 Å². The summed E-state index contributed by atoms with van der Waals surface area (Å²) in [6.45, 7) is 0. The summed E-state index contributed by atoms with van der Waals surface area (Å²) < 4.78 is 3.73. The fraction of sp³-hybridized carbons (Fsp3) is 0.0351. The van der Waals surface area contributed by atoms with Gasteiger partial charge < -0.3 is 9.47 Å². The van der Waals surface area contributed by atoms with Gasteiger partial charge in [0.05, 0.1) is 5.52 Å². The predicted octanol–water partition coefficient (Wildman–Crippen LogP) is 15.9. The maximum absolute atomic E-state index is 5.45. The molecule has 0 aliphatic carbocycles. The van der Waals surface area contributed by atoms with E-state index in [4.69, 9.17) is 4.99 Å². The first-order valence-corrected chi connectivity index (χ1v) is 22.9. The van der Waals surface area contributed by atoms with Crippen molar-refractivity contribution in [2.75, 3.05) is 4.90 Å². The molecule has 2 atom stereocenters. The molecular weight excluding hydrogens is 791 g/mol. The first-order valence-electron chi connectivity index (χ1n) is 21.1. The minimum absolute atomic E-state index is 0.0308. The molecule has 0 radical (unpaired) electrons. The van der Waals surface area contributed by atoms with Crippen LogP contribution in [-0.4, -0.2) is 15.0 Å². The minimum atomic E-state index is 0.0308. The third kappa shape index (κ3) is 5.62. The molecule has 292 valence electrons. The van der Waals surface area contributed by atoms with Crippen LogP contribution < -0.4 is 4.90 Å². The van der Waals surface area contributed by atoms with Gasteiger partial charge in [0.1, 0.15) is 16.5 Å². The van der Waals surface area contributed by atoms with Crippen LogP contribution in [0.1, 0.15) is 17.2 Å². The first-order chi connectivity index (χ1) is 30.7. The molecule has 0 amide bonds. The van der Waals surface area contributed by atoms with E-state index >= 15 is 0 Å². The fourth-order valence-electron chi connectivity index (χ4n) is 9.91. The van der Waals surface area contributed by atoms with Crippen molar-refractivity contribution in [1.29, 1.82) is 0 Å². The highest BCUT2D eigenvalue weighted by Gasteiger charge is 2.45. The van der Waals surface area contributed by atoms with Crippen molar-refractivity contribution in [2.45, 2.75) is 11.4 Å². The van der Waals surface area contributed by atoms with Crippen LogP contribution in [0.2, 0.25) is 0 Å². The third-order valence-electron chi connectivity index (χ3n) is 12.8. The quantitative estimate of drug-likeness (QED) is 0.166. The lowest BCUT2D eigenvalue weighted by Gasteiger charge is -2.26. The highest BCUT2D eigenvalue weighted by Crippen LogP contribution is 2.56. The number of aliphatic imine (C=N–C) groups is 1. The maximum atomic E-state index is 5.45. The number of para-hydroxylation sites is 1. The van der Waals surface area contributed by atoms with Gasteiger partial charge in [0.15, 0.2) is 0 Å². The van der Waals surface area contributed by atoms with Gasteiger partial charge in [-0.2, -0.15) is 0 Å². The maximum Gasteiger partial charge on any atom is 0.113 e. The number of fused-ring (bicyclic) bond motifs is 11. The average molecular weight is 828 g/mol. The Balaban J connectivity index is 0.950. The second-order valence-corrected chi connectivity index (χ2v) is 18.3. The summed E-state index contributed by atoms with van der Waals surface area (Å²) in [6, 6.07) is 73.3. The van der Waals surface area contributed by atoms with Crippen LogP contribution in [-0.2, 0) is 0 Å². The molecular formula is C57H37N3S2. The Kier molecular flexibility index (Phi) is 8.15. The molecule has 2 aliphatic heterocycles. The largest absolute Gasteiger partial charge is 0.326 e. The Hall–Kier alpha value is -7.18. The summed E-state index contributed by atoms with van der Waals surface area (Å²) in [5.74, 6) is 0. The van der Waals surface area contributed by atoms with Crippen molar-refractivity contribution in [3.8, 4) is 39.1 Å². The number of rotatable bonds is 6. The summed E-state index contributed by atoms with van der Waals surface area (Å²) in [5, 5.41) is 11.1. The van der Waals surface area contributed by atoms with Crippen molar-refractivity contribution >= 4 is 82.1 Å². The van der Waals surface area contributed by atoms with Crippen molar-refractivity contribution < 1.29 is 0 Å². The number of aromatic nitrogens is 1. The van der Waals surface area contributed by atoms with Crippen molar-refractivity contribution in [3.63, 3.8) is 0 Å². The van der Waals surface area contributed by atoms with Gasteiger partial charge in [-0.1, -0.05) is 151 Å². The molecule has 0 N–H and O–H groups in total. The molecule has 2 unspecified atom stereocenters. The van der Waals surface area contributed by atoms with E-state index in [-0.39, 0.29) is 11.4 Å². The standard InChI is InChI=1S/C57H37N3S2/c1-5-13-36(14-6-1)42-32-43(37-15-7-2-8-16-37)34-45(33-42)59-29-27-49-54(59)47-25-22-40(35-50(47)48-28-30-61-55(48)49)39-21-24-46-41(31-39)23-26-51-52(46)53-57(60(51)44-19-11-4-12-20-44)62-56(58-53)38-17-9-3-10-18-38/h1-35,53,57H. The number of anilines is 2. The van der Waals surface area contributed by atoms with Gasteiger partial charge in [-0.05, 0) is 116 Å². The predicted molar refractivity (Wildman–Crippen MR) is 266 cm³/mol. The smallest absolute Gasteiger partial charge is 0.113 e. The number of benzene rings is 9. The number of thioether (sulfide) groups is 1. The summed E-state index contributed by atoms with van der Waals surface area (Å²) >= 11 is 3.71. The Morgan fingerprint density at radius 2 is 1.08 bits per heavy atom. The summed E-state index contributed by atoms with van der Waals surface area (Å²) in [5.41, 5.74) is 14.6. The van der Waals surface area contributed by atoms with Gasteiger partial charge in [-0.25, -0.2) is 0 Å². The normalized spacial score (nSPS) is 15.7. The lowest BCUT2D eigenvalue weighted by atomic mass is 9.94. The van der Waals surface area contributed by atoms with Crippen LogP contribution in [0.4, 0.5) is 11.4 Å². The van der Waals surface area contributed by atoms with Gasteiger partial charge in [0, 0.05) is 55.2 Å². The van der Waals surface area contributed by atoms with E-state index in [1.807, 2.05) is 23.1 Å². The highest BCUT2D eigenvalue weighted by molar-refractivity contribution is 8.15. The Morgan fingerprint density at radius 3 is 1.79 bits per heavy atom. The van der Waals surface area contributed by atoms with Gasteiger partial charge in [0.2, 0.25) is 0 Å². The van der Waals surface area contributed by atoms with E-state index in [1.165, 1.54) is 98.4 Å². The lowest BCUT2D eigenvalue weighted by Crippen LogP contribution is -2.24. The molecule has 11 aromatic rings. The topological polar surface area (TPSA) is 20.5 Å². The molecule has 4 heterocycles. The zero-order valence-electron chi connectivity index (χ0n) is 33.5. The first kappa shape index (κ1) is 35.6. The van der Waals surface area contributed by atoms with Gasteiger partial charge in [-0.15, -0.1) is 11.3 Å². The van der Waals surface area contributed by atoms with E-state index in [2.05, 4.69) is 221 Å². The zero-order valence-corrected chi connectivity index (χ0v) is 35.2. The second-order valence-electron chi connectivity index (χ2n) is 16.3. The number of thiophene rings is 1. The molecule has 0 saturated heterocycles. The van der Waals surface area contributed by atoms with Gasteiger partial charge in [0.25, 0.3) is 0 Å². The summed E-state index contributed by atoms with van der Waals surface area (Å²) in [7, 11) is 0. The van der Waals surface area contributed by atoms with Crippen LogP contribution in [0, 0.1) is 0 Å². The number of hydrogen-bond donors (Lipinski definition) is 0. The summed E-state index contributed by atoms with van der Waals surface area (Å²) in [4.78, 5) is 7.96. The molecule has 0 bridgehead atoms. The molecule has 0 saturated carbocycles.